The summed E-state index contributed by atoms with van der Waals surface area (Å²) in [5, 5.41) is 11.1. The number of hydrogen-bond donors (Lipinski definition) is 2. The van der Waals surface area contributed by atoms with Crippen LogP contribution in [0.5, 0.6) is 0 Å². The van der Waals surface area contributed by atoms with Crippen molar-refractivity contribution in [3.63, 3.8) is 0 Å². The molecular formula is C18H32N6O. The number of aliphatic imine (C=N–C) groups is 1. The minimum atomic E-state index is 0.112. The molecule has 7 heteroatoms. The third-order valence-electron chi connectivity index (χ3n) is 4.73. The molecule has 1 aromatic heterocycles. The number of carbonyl (C=O) groups excluding carboxylic acids is 1. The molecule has 25 heavy (non-hydrogen) atoms. The highest BCUT2D eigenvalue weighted by molar-refractivity contribution is 5.85. The highest BCUT2D eigenvalue weighted by atomic mass is 16.2. The van der Waals surface area contributed by atoms with Crippen LogP contribution < -0.4 is 10.6 Å². The van der Waals surface area contributed by atoms with Crippen molar-refractivity contribution >= 4 is 11.9 Å². The zero-order valence-corrected chi connectivity index (χ0v) is 16.2. The van der Waals surface area contributed by atoms with E-state index in [9.17, 15) is 4.79 Å². The molecule has 1 amide bonds. The lowest BCUT2D eigenvalue weighted by atomic mass is 10.1. The van der Waals surface area contributed by atoms with Gasteiger partial charge in [0.25, 0.3) is 0 Å². The number of guanidine groups is 1. The fourth-order valence-corrected chi connectivity index (χ4v) is 3.24. The van der Waals surface area contributed by atoms with Crippen molar-refractivity contribution < 1.29 is 4.79 Å². The van der Waals surface area contributed by atoms with E-state index in [2.05, 4.69) is 34.6 Å². The zero-order valence-electron chi connectivity index (χ0n) is 16.2. The molecule has 2 N–H and O–H groups in total. The molecule has 0 saturated carbocycles. The highest BCUT2D eigenvalue weighted by Crippen LogP contribution is 2.14. The largest absolute Gasteiger partial charge is 0.357 e. The average molecular weight is 348 g/mol. The number of nitrogens with zero attached hydrogens (tertiary/aromatic N) is 4. The number of aryl methyl sites for hydroxylation is 2. The molecule has 0 bridgehead atoms. The third kappa shape index (κ3) is 5.21. The molecule has 1 aromatic rings. The van der Waals surface area contributed by atoms with E-state index in [1.54, 1.807) is 0 Å². The summed E-state index contributed by atoms with van der Waals surface area (Å²) in [7, 11) is 1.97. The summed E-state index contributed by atoms with van der Waals surface area (Å²) in [5.41, 5.74) is 3.53. The Kier molecular flexibility index (Phi) is 6.84. The second-order valence-corrected chi connectivity index (χ2v) is 6.81. The van der Waals surface area contributed by atoms with Crippen molar-refractivity contribution in [2.45, 2.75) is 53.0 Å². The van der Waals surface area contributed by atoms with Crippen molar-refractivity contribution in [1.29, 1.82) is 0 Å². The quantitative estimate of drug-likeness (QED) is 0.597. The molecular weight excluding hydrogens is 316 g/mol. The van der Waals surface area contributed by atoms with Gasteiger partial charge in [-0.2, -0.15) is 5.10 Å². The highest BCUT2D eigenvalue weighted by Gasteiger charge is 2.18. The van der Waals surface area contributed by atoms with Gasteiger partial charge in [-0.25, -0.2) is 4.99 Å². The maximum absolute atomic E-state index is 12.2. The second kappa shape index (κ2) is 8.87. The SMILES string of the molecule is CCNC(=NCC(=O)N1CCCC1)NC(C)Cc1c(C)nn(C)c1C. The van der Waals surface area contributed by atoms with E-state index in [-0.39, 0.29) is 18.5 Å². The van der Waals surface area contributed by atoms with E-state index in [4.69, 9.17) is 0 Å². The number of aromatic nitrogens is 2. The summed E-state index contributed by atoms with van der Waals surface area (Å²) in [6.07, 6.45) is 3.08. The number of carbonyl (C=O) groups is 1. The minimum Gasteiger partial charge on any atom is -0.357 e. The first-order valence-electron chi connectivity index (χ1n) is 9.24. The molecule has 0 aromatic carbocycles. The molecule has 2 heterocycles. The van der Waals surface area contributed by atoms with Crippen LogP contribution in [-0.4, -0.2) is 58.8 Å². The van der Waals surface area contributed by atoms with E-state index in [1.165, 1.54) is 11.3 Å². The summed E-state index contributed by atoms with van der Waals surface area (Å²) < 4.78 is 1.92. The van der Waals surface area contributed by atoms with Crippen molar-refractivity contribution in [3.05, 3.63) is 17.0 Å². The van der Waals surface area contributed by atoms with Crippen molar-refractivity contribution in [1.82, 2.24) is 25.3 Å². The van der Waals surface area contributed by atoms with Gasteiger partial charge >= 0.3 is 0 Å². The lowest BCUT2D eigenvalue weighted by Crippen LogP contribution is -2.44. The fourth-order valence-electron chi connectivity index (χ4n) is 3.24. The molecule has 0 spiro atoms. The smallest absolute Gasteiger partial charge is 0.244 e. The standard InChI is InChI=1S/C18H32N6O/c1-6-19-18(20-12-17(25)24-9-7-8-10-24)21-13(2)11-16-14(3)22-23(5)15(16)4/h13H,6-12H2,1-5H3,(H2,19,20,21). The number of likely N-dealkylation sites (tertiary alicyclic amines) is 1. The third-order valence-corrected chi connectivity index (χ3v) is 4.73. The van der Waals surface area contributed by atoms with Gasteiger partial charge in [-0.3, -0.25) is 9.48 Å². The summed E-state index contributed by atoms with van der Waals surface area (Å²) in [4.78, 5) is 18.5. The molecule has 1 aliphatic rings. The molecule has 1 saturated heterocycles. The van der Waals surface area contributed by atoms with Gasteiger partial charge < -0.3 is 15.5 Å². The van der Waals surface area contributed by atoms with Crippen LogP contribution in [0, 0.1) is 13.8 Å². The van der Waals surface area contributed by atoms with E-state index in [0.29, 0.717) is 5.96 Å². The van der Waals surface area contributed by atoms with Crippen LogP contribution in [0.15, 0.2) is 4.99 Å². The first kappa shape index (κ1) is 19.3. The Morgan fingerprint density at radius 3 is 2.56 bits per heavy atom. The number of rotatable bonds is 6. The number of nitrogens with one attached hydrogen (secondary N) is 2. The van der Waals surface area contributed by atoms with E-state index >= 15 is 0 Å². The van der Waals surface area contributed by atoms with Crippen LogP contribution in [0.1, 0.15) is 43.6 Å². The zero-order chi connectivity index (χ0) is 18.4. The first-order valence-corrected chi connectivity index (χ1v) is 9.24. The molecule has 1 unspecified atom stereocenters. The Bertz CT molecular complexity index is 615. The number of amides is 1. The summed E-state index contributed by atoms with van der Waals surface area (Å²) in [5.74, 6) is 0.808. The van der Waals surface area contributed by atoms with Crippen molar-refractivity contribution in [3.8, 4) is 0 Å². The van der Waals surface area contributed by atoms with Gasteiger partial charge in [0.1, 0.15) is 6.54 Å². The Morgan fingerprint density at radius 1 is 1.32 bits per heavy atom. The van der Waals surface area contributed by atoms with Crippen LogP contribution in [0.4, 0.5) is 0 Å². The lowest BCUT2D eigenvalue weighted by Gasteiger charge is -2.19. The fraction of sp³-hybridized carbons (Fsp3) is 0.722. The molecule has 1 fully saturated rings. The van der Waals surface area contributed by atoms with Gasteiger partial charge in [0.2, 0.25) is 5.91 Å². The minimum absolute atomic E-state index is 0.112. The maximum Gasteiger partial charge on any atom is 0.244 e. The van der Waals surface area contributed by atoms with Crippen molar-refractivity contribution in [2.75, 3.05) is 26.2 Å². The Hall–Kier alpha value is -2.05. The normalized spacial score (nSPS) is 16.2. The summed E-state index contributed by atoms with van der Waals surface area (Å²) >= 11 is 0. The van der Waals surface area contributed by atoms with Crippen LogP contribution in [0.25, 0.3) is 0 Å². The molecule has 0 aliphatic carbocycles. The predicted molar refractivity (Wildman–Crippen MR) is 101 cm³/mol. The van der Waals surface area contributed by atoms with Gasteiger partial charge in [-0.05, 0) is 52.5 Å². The Morgan fingerprint density at radius 2 is 2.00 bits per heavy atom. The van der Waals surface area contributed by atoms with Gasteiger partial charge in [0.15, 0.2) is 5.96 Å². The molecule has 1 atom stereocenters. The summed E-state index contributed by atoms with van der Waals surface area (Å²) in [6.45, 7) is 11.0. The average Bonchev–Trinajstić information content (AvgIpc) is 3.18. The molecule has 1 aliphatic heterocycles. The topological polar surface area (TPSA) is 74.6 Å². The van der Waals surface area contributed by atoms with Crippen LogP contribution in [0.2, 0.25) is 0 Å². The second-order valence-electron chi connectivity index (χ2n) is 6.81. The van der Waals surface area contributed by atoms with E-state index < -0.39 is 0 Å². The summed E-state index contributed by atoms with van der Waals surface area (Å²) in [6, 6.07) is 0.196. The molecule has 2 rings (SSSR count). The first-order chi connectivity index (χ1) is 11.9. The van der Waals surface area contributed by atoms with Crippen LogP contribution in [-0.2, 0) is 18.3 Å². The van der Waals surface area contributed by atoms with E-state index in [0.717, 1.165) is 44.6 Å². The molecule has 0 radical (unpaired) electrons. The number of hydrogen-bond acceptors (Lipinski definition) is 3. The van der Waals surface area contributed by atoms with Gasteiger partial charge in [0, 0.05) is 38.4 Å². The predicted octanol–water partition coefficient (Wildman–Crippen LogP) is 1.15. The van der Waals surface area contributed by atoms with Gasteiger partial charge in [-0.1, -0.05) is 0 Å². The lowest BCUT2D eigenvalue weighted by molar-refractivity contribution is -0.128. The van der Waals surface area contributed by atoms with Gasteiger partial charge in [0.05, 0.1) is 5.69 Å². The molecule has 140 valence electrons. The van der Waals surface area contributed by atoms with Crippen molar-refractivity contribution in [2.24, 2.45) is 12.0 Å². The van der Waals surface area contributed by atoms with Crippen LogP contribution in [0.3, 0.4) is 0 Å². The van der Waals surface area contributed by atoms with E-state index in [1.807, 2.05) is 30.5 Å². The maximum atomic E-state index is 12.2. The van der Waals surface area contributed by atoms with Crippen LogP contribution >= 0.6 is 0 Å². The monoisotopic (exact) mass is 348 g/mol. The Balaban J connectivity index is 1.94. The molecule has 7 nitrogen and oxygen atoms in total. The Labute approximate surface area is 150 Å². The van der Waals surface area contributed by atoms with Gasteiger partial charge in [-0.15, -0.1) is 0 Å².